The molecule has 15 heavy (non-hydrogen) atoms. The largest absolute Gasteiger partial charge is 0.396 e. The fourth-order valence-corrected chi connectivity index (χ4v) is 2.51. The van der Waals surface area contributed by atoms with Crippen molar-refractivity contribution in [1.82, 2.24) is 0 Å². The molecule has 3 atom stereocenters. The summed E-state index contributed by atoms with van der Waals surface area (Å²) in [7, 11) is 0. The Morgan fingerprint density at radius 2 is 2.00 bits per heavy atom. The minimum Gasteiger partial charge on any atom is -0.396 e. The van der Waals surface area contributed by atoms with Crippen molar-refractivity contribution in [2.24, 2.45) is 11.3 Å². The van der Waals surface area contributed by atoms with Crippen LogP contribution >= 0.6 is 0 Å². The van der Waals surface area contributed by atoms with Crippen molar-refractivity contribution in [2.45, 2.75) is 33.1 Å². The Morgan fingerprint density at radius 3 is 2.47 bits per heavy atom. The van der Waals surface area contributed by atoms with E-state index in [-0.39, 0.29) is 5.41 Å². The zero-order valence-corrected chi connectivity index (χ0v) is 9.83. The summed E-state index contributed by atoms with van der Waals surface area (Å²) in [6.45, 7) is 6.90. The van der Waals surface area contributed by atoms with Crippen LogP contribution in [0.4, 0.5) is 0 Å². The smallest absolute Gasteiger partial charge is 0.0487 e. The highest BCUT2D eigenvalue weighted by atomic mass is 16.3. The molecular formula is C14H20O. The standard InChI is InChI=1S/C14H20O/c1-10-4-6-12(7-5-10)11(2)13-8-14(13,3)9-15/h4-7,11,13,15H,8-9H2,1-3H3/t11-,13?,14?/m1/s1. The summed E-state index contributed by atoms with van der Waals surface area (Å²) in [5.74, 6) is 1.23. The fourth-order valence-electron chi connectivity index (χ4n) is 2.51. The zero-order valence-electron chi connectivity index (χ0n) is 9.83. The van der Waals surface area contributed by atoms with Gasteiger partial charge in [0.1, 0.15) is 0 Å². The maximum Gasteiger partial charge on any atom is 0.0487 e. The molecule has 2 unspecified atom stereocenters. The van der Waals surface area contributed by atoms with Gasteiger partial charge in [-0.1, -0.05) is 43.7 Å². The van der Waals surface area contributed by atoms with Crippen LogP contribution in [0.3, 0.4) is 0 Å². The average molecular weight is 204 g/mol. The van der Waals surface area contributed by atoms with E-state index >= 15 is 0 Å². The number of hydrogen-bond donors (Lipinski definition) is 1. The van der Waals surface area contributed by atoms with Gasteiger partial charge < -0.3 is 5.11 Å². The lowest BCUT2D eigenvalue weighted by Gasteiger charge is -2.15. The lowest BCUT2D eigenvalue weighted by Crippen LogP contribution is -2.08. The molecule has 0 heterocycles. The molecule has 1 nitrogen and oxygen atoms in total. The first-order valence-electron chi connectivity index (χ1n) is 5.74. The van der Waals surface area contributed by atoms with Gasteiger partial charge in [-0.3, -0.25) is 0 Å². The zero-order chi connectivity index (χ0) is 11.1. The van der Waals surface area contributed by atoms with Gasteiger partial charge in [0.25, 0.3) is 0 Å². The first-order valence-corrected chi connectivity index (χ1v) is 5.74. The fraction of sp³-hybridized carbons (Fsp3) is 0.571. The minimum atomic E-state index is 0.185. The summed E-state index contributed by atoms with van der Waals surface area (Å²) in [6, 6.07) is 8.78. The lowest BCUT2D eigenvalue weighted by molar-refractivity contribution is 0.207. The topological polar surface area (TPSA) is 20.2 Å². The van der Waals surface area contributed by atoms with Gasteiger partial charge in [0.2, 0.25) is 0 Å². The third-order valence-corrected chi connectivity index (χ3v) is 3.99. The van der Waals surface area contributed by atoms with E-state index in [0.29, 0.717) is 18.4 Å². The van der Waals surface area contributed by atoms with E-state index < -0.39 is 0 Å². The predicted molar refractivity (Wildman–Crippen MR) is 62.9 cm³/mol. The molecule has 0 amide bonds. The second-order valence-corrected chi connectivity index (χ2v) is 5.32. The summed E-state index contributed by atoms with van der Waals surface area (Å²) in [5, 5.41) is 9.28. The van der Waals surface area contributed by atoms with Crippen LogP contribution in [0.1, 0.15) is 37.3 Å². The summed E-state index contributed by atoms with van der Waals surface area (Å²) >= 11 is 0. The molecule has 0 aliphatic heterocycles. The Bertz CT molecular complexity index is 341. The van der Waals surface area contributed by atoms with E-state index in [1.165, 1.54) is 17.5 Å². The molecule has 1 N–H and O–H groups in total. The van der Waals surface area contributed by atoms with E-state index in [1.54, 1.807) is 0 Å². The Morgan fingerprint density at radius 1 is 1.40 bits per heavy atom. The van der Waals surface area contributed by atoms with Gasteiger partial charge in [-0.2, -0.15) is 0 Å². The summed E-state index contributed by atoms with van der Waals surface area (Å²) in [6.07, 6.45) is 1.17. The van der Waals surface area contributed by atoms with Crippen molar-refractivity contribution in [3.8, 4) is 0 Å². The molecule has 0 saturated heterocycles. The van der Waals surface area contributed by atoms with Crippen LogP contribution in [0.15, 0.2) is 24.3 Å². The Hall–Kier alpha value is -0.820. The molecule has 82 valence electrons. The normalized spacial score (nSPS) is 31.3. The van der Waals surface area contributed by atoms with Gasteiger partial charge in [0.15, 0.2) is 0 Å². The molecule has 1 fully saturated rings. The number of rotatable bonds is 3. The van der Waals surface area contributed by atoms with Crippen LogP contribution in [0.2, 0.25) is 0 Å². The summed E-state index contributed by atoms with van der Waals surface area (Å²) in [5.41, 5.74) is 2.90. The van der Waals surface area contributed by atoms with Crippen LogP contribution < -0.4 is 0 Å². The Kier molecular flexibility index (Phi) is 2.59. The van der Waals surface area contributed by atoms with Gasteiger partial charge in [-0.25, -0.2) is 0 Å². The van der Waals surface area contributed by atoms with Crippen LogP contribution in [-0.4, -0.2) is 11.7 Å². The van der Waals surface area contributed by atoms with Gasteiger partial charge in [0, 0.05) is 6.61 Å². The number of hydrogen-bond acceptors (Lipinski definition) is 1. The highest BCUT2D eigenvalue weighted by Crippen LogP contribution is 2.58. The van der Waals surface area contributed by atoms with Crippen LogP contribution in [0, 0.1) is 18.3 Å². The van der Waals surface area contributed by atoms with Crippen LogP contribution in [0.5, 0.6) is 0 Å². The van der Waals surface area contributed by atoms with Gasteiger partial charge in [-0.05, 0) is 36.2 Å². The van der Waals surface area contributed by atoms with Gasteiger partial charge in [0.05, 0.1) is 0 Å². The van der Waals surface area contributed by atoms with Gasteiger partial charge >= 0.3 is 0 Å². The molecule has 0 bridgehead atoms. The molecule has 0 aromatic heterocycles. The highest BCUT2D eigenvalue weighted by molar-refractivity contribution is 5.26. The van der Waals surface area contributed by atoms with Crippen molar-refractivity contribution in [3.63, 3.8) is 0 Å². The highest BCUT2D eigenvalue weighted by Gasteiger charge is 2.52. The van der Waals surface area contributed by atoms with E-state index in [9.17, 15) is 5.11 Å². The first kappa shape index (κ1) is 10.7. The van der Waals surface area contributed by atoms with Crippen LogP contribution in [0.25, 0.3) is 0 Å². The maximum absolute atomic E-state index is 9.28. The van der Waals surface area contributed by atoms with E-state index in [2.05, 4.69) is 45.0 Å². The SMILES string of the molecule is Cc1ccc([C@@H](C)C2CC2(C)CO)cc1. The molecule has 1 aliphatic carbocycles. The van der Waals surface area contributed by atoms with Crippen molar-refractivity contribution < 1.29 is 5.11 Å². The Labute approximate surface area is 92.1 Å². The maximum atomic E-state index is 9.28. The molecule has 1 aliphatic rings. The second-order valence-electron chi connectivity index (χ2n) is 5.32. The lowest BCUT2D eigenvalue weighted by atomic mass is 9.91. The third-order valence-electron chi connectivity index (χ3n) is 3.99. The average Bonchev–Trinajstić information content (AvgIpc) is 2.92. The monoisotopic (exact) mass is 204 g/mol. The molecule has 1 aromatic rings. The van der Waals surface area contributed by atoms with E-state index in [0.717, 1.165) is 0 Å². The summed E-state index contributed by atoms with van der Waals surface area (Å²) < 4.78 is 0. The number of aliphatic hydroxyl groups is 1. The van der Waals surface area contributed by atoms with Crippen LogP contribution in [-0.2, 0) is 0 Å². The molecule has 2 rings (SSSR count). The van der Waals surface area contributed by atoms with E-state index in [4.69, 9.17) is 0 Å². The molecule has 0 radical (unpaired) electrons. The summed E-state index contributed by atoms with van der Waals surface area (Å²) in [4.78, 5) is 0. The Balaban J connectivity index is 2.10. The first-order chi connectivity index (χ1) is 7.07. The minimum absolute atomic E-state index is 0.185. The van der Waals surface area contributed by atoms with Gasteiger partial charge in [-0.15, -0.1) is 0 Å². The van der Waals surface area contributed by atoms with Crippen molar-refractivity contribution in [3.05, 3.63) is 35.4 Å². The van der Waals surface area contributed by atoms with E-state index in [1.807, 2.05) is 0 Å². The third kappa shape index (κ3) is 1.93. The quantitative estimate of drug-likeness (QED) is 0.802. The number of benzene rings is 1. The van der Waals surface area contributed by atoms with Crippen molar-refractivity contribution >= 4 is 0 Å². The second kappa shape index (κ2) is 3.64. The number of aryl methyl sites for hydroxylation is 1. The molecule has 1 saturated carbocycles. The molecule has 1 aromatic carbocycles. The molecule has 0 spiro atoms. The van der Waals surface area contributed by atoms with Crippen molar-refractivity contribution in [2.75, 3.05) is 6.61 Å². The van der Waals surface area contributed by atoms with Crippen molar-refractivity contribution in [1.29, 1.82) is 0 Å². The molecular weight excluding hydrogens is 184 g/mol. The molecule has 1 heteroatoms. The predicted octanol–water partition coefficient (Wildman–Crippen LogP) is 3.12. The number of aliphatic hydroxyl groups excluding tert-OH is 1.